The minimum absolute atomic E-state index is 0.0878. The molecule has 3 rings (SSSR count). The zero-order valence-corrected chi connectivity index (χ0v) is 18.7. The number of nitrogens with one attached hydrogen (secondary N) is 2. The summed E-state index contributed by atoms with van der Waals surface area (Å²) in [6.07, 6.45) is 0. The predicted molar refractivity (Wildman–Crippen MR) is 120 cm³/mol. The molecular formula is C24H25FN2O4S. The standard InChI is InChI=1S/C24H25FN2O4S/c1-17(2)27-32(29,30)20-12-13-22(25)21(14-20)24(28)26-15-19-10-6-7-11-23(19)31-16-18-8-4-3-5-9-18/h3-14,17,27H,15-16H2,1-2H3,(H,26,28). The lowest BCUT2D eigenvalue weighted by Gasteiger charge is -2.13. The predicted octanol–water partition coefficient (Wildman–Crippen LogP) is 4.02. The lowest BCUT2D eigenvalue weighted by Crippen LogP contribution is -2.31. The van der Waals surface area contributed by atoms with Crippen LogP contribution in [0.15, 0.2) is 77.7 Å². The molecular weight excluding hydrogens is 431 g/mol. The summed E-state index contributed by atoms with van der Waals surface area (Å²) < 4.78 is 47.3. The molecule has 8 heteroatoms. The van der Waals surface area contributed by atoms with E-state index in [-0.39, 0.29) is 23.0 Å². The van der Waals surface area contributed by atoms with Crippen molar-refractivity contribution in [1.29, 1.82) is 0 Å². The van der Waals surface area contributed by atoms with Gasteiger partial charge in [0.1, 0.15) is 18.2 Å². The molecule has 0 spiro atoms. The smallest absolute Gasteiger partial charge is 0.254 e. The van der Waals surface area contributed by atoms with Crippen molar-refractivity contribution < 1.29 is 22.3 Å². The molecule has 6 nitrogen and oxygen atoms in total. The van der Waals surface area contributed by atoms with E-state index in [1.165, 1.54) is 0 Å². The number of para-hydroxylation sites is 1. The third-order valence-electron chi connectivity index (χ3n) is 4.53. The first-order valence-electron chi connectivity index (χ1n) is 10.1. The SMILES string of the molecule is CC(C)NS(=O)(=O)c1ccc(F)c(C(=O)NCc2ccccc2OCc2ccccc2)c1. The zero-order chi connectivity index (χ0) is 23.1. The Morgan fingerprint density at radius 2 is 1.69 bits per heavy atom. The Bertz CT molecular complexity index is 1180. The monoisotopic (exact) mass is 456 g/mol. The molecule has 0 bridgehead atoms. The fraction of sp³-hybridized carbons (Fsp3) is 0.208. The maximum absolute atomic E-state index is 14.3. The van der Waals surface area contributed by atoms with E-state index >= 15 is 0 Å². The molecule has 1 amide bonds. The van der Waals surface area contributed by atoms with Crippen molar-refractivity contribution in [2.75, 3.05) is 0 Å². The second-order valence-corrected chi connectivity index (χ2v) is 9.20. The number of carbonyl (C=O) groups is 1. The van der Waals surface area contributed by atoms with Crippen LogP contribution < -0.4 is 14.8 Å². The molecule has 0 heterocycles. The maximum Gasteiger partial charge on any atom is 0.254 e. The van der Waals surface area contributed by atoms with Crippen molar-refractivity contribution >= 4 is 15.9 Å². The van der Waals surface area contributed by atoms with Crippen molar-refractivity contribution in [3.63, 3.8) is 0 Å². The molecule has 0 saturated heterocycles. The molecule has 0 aliphatic rings. The minimum Gasteiger partial charge on any atom is -0.489 e. The van der Waals surface area contributed by atoms with E-state index in [4.69, 9.17) is 4.74 Å². The van der Waals surface area contributed by atoms with E-state index in [1.54, 1.807) is 26.0 Å². The second-order valence-electron chi connectivity index (χ2n) is 7.48. The summed E-state index contributed by atoms with van der Waals surface area (Å²) >= 11 is 0. The van der Waals surface area contributed by atoms with Crippen LogP contribution in [-0.4, -0.2) is 20.4 Å². The Kier molecular flexibility index (Phi) is 7.61. The molecule has 3 aromatic carbocycles. The highest BCUT2D eigenvalue weighted by Crippen LogP contribution is 2.20. The van der Waals surface area contributed by atoms with E-state index < -0.39 is 21.7 Å². The van der Waals surface area contributed by atoms with Gasteiger partial charge in [-0.05, 0) is 43.7 Å². The summed E-state index contributed by atoms with van der Waals surface area (Å²) in [7, 11) is -3.86. The number of rotatable bonds is 9. The highest BCUT2D eigenvalue weighted by atomic mass is 32.2. The van der Waals surface area contributed by atoms with Crippen LogP contribution in [0, 0.1) is 5.82 Å². The Labute approximate surface area is 187 Å². The van der Waals surface area contributed by atoms with Gasteiger partial charge in [-0.1, -0.05) is 48.5 Å². The number of carbonyl (C=O) groups excluding carboxylic acids is 1. The Morgan fingerprint density at radius 3 is 2.41 bits per heavy atom. The van der Waals surface area contributed by atoms with Crippen LogP contribution in [0.25, 0.3) is 0 Å². The number of hydrogen-bond donors (Lipinski definition) is 2. The number of halogens is 1. The second kappa shape index (κ2) is 10.4. The van der Waals surface area contributed by atoms with Crippen LogP contribution >= 0.6 is 0 Å². The molecule has 0 unspecified atom stereocenters. The van der Waals surface area contributed by atoms with Gasteiger partial charge in [0.15, 0.2) is 0 Å². The first-order valence-corrected chi connectivity index (χ1v) is 11.6. The van der Waals surface area contributed by atoms with Crippen LogP contribution in [0.1, 0.15) is 35.3 Å². The van der Waals surface area contributed by atoms with Gasteiger partial charge in [-0.2, -0.15) is 0 Å². The Morgan fingerprint density at radius 1 is 1.00 bits per heavy atom. The lowest BCUT2D eigenvalue weighted by molar-refractivity contribution is 0.0946. The van der Waals surface area contributed by atoms with E-state index in [0.29, 0.717) is 17.9 Å². The summed E-state index contributed by atoms with van der Waals surface area (Å²) in [5, 5.41) is 2.64. The molecule has 32 heavy (non-hydrogen) atoms. The van der Waals surface area contributed by atoms with E-state index in [0.717, 1.165) is 23.8 Å². The molecule has 0 fully saturated rings. The lowest BCUT2D eigenvalue weighted by atomic mass is 10.1. The number of sulfonamides is 1. The molecule has 0 aliphatic heterocycles. The van der Waals surface area contributed by atoms with Gasteiger partial charge in [-0.3, -0.25) is 4.79 Å². The fourth-order valence-electron chi connectivity index (χ4n) is 3.02. The van der Waals surface area contributed by atoms with Crippen LogP contribution in [0.5, 0.6) is 5.75 Å². The summed E-state index contributed by atoms with van der Waals surface area (Å²) in [5.74, 6) is -0.934. The van der Waals surface area contributed by atoms with Gasteiger partial charge < -0.3 is 10.1 Å². The average molecular weight is 457 g/mol. The van der Waals surface area contributed by atoms with Gasteiger partial charge >= 0.3 is 0 Å². The summed E-state index contributed by atoms with van der Waals surface area (Å²) in [5.41, 5.74) is 1.36. The van der Waals surface area contributed by atoms with Crippen LogP contribution in [0.4, 0.5) is 4.39 Å². The van der Waals surface area contributed by atoms with Crippen molar-refractivity contribution in [2.24, 2.45) is 0 Å². The first-order chi connectivity index (χ1) is 15.3. The van der Waals surface area contributed by atoms with E-state index in [2.05, 4.69) is 10.0 Å². The topological polar surface area (TPSA) is 84.5 Å². The molecule has 0 radical (unpaired) electrons. The molecule has 0 saturated carbocycles. The molecule has 0 atom stereocenters. The number of amides is 1. The van der Waals surface area contributed by atoms with Gasteiger partial charge in [0.05, 0.1) is 10.5 Å². The maximum atomic E-state index is 14.3. The summed E-state index contributed by atoms with van der Waals surface area (Å²) in [6, 6.07) is 19.7. The Balaban J connectivity index is 1.72. The molecule has 168 valence electrons. The highest BCUT2D eigenvalue weighted by molar-refractivity contribution is 7.89. The van der Waals surface area contributed by atoms with Gasteiger partial charge in [0.2, 0.25) is 10.0 Å². The van der Waals surface area contributed by atoms with Crippen molar-refractivity contribution in [2.45, 2.75) is 37.9 Å². The third kappa shape index (κ3) is 6.15. The quantitative estimate of drug-likeness (QED) is 0.509. The van der Waals surface area contributed by atoms with E-state index in [9.17, 15) is 17.6 Å². The van der Waals surface area contributed by atoms with Crippen molar-refractivity contribution in [3.05, 3.63) is 95.3 Å². The first kappa shape index (κ1) is 23.4. The number of ether oxygens (including phenoxy) is 1. The van der Waals surface area contributed by atoms with Crippen molar-refractivity contribution in [1.82, 2.24) is 10.0 Å². The number of hydrogen-bond acceptors (Lipinski definition) is 4. The number of benzene rings is 3. The van der Waals surface area contributed by atoms with Gasteiger partial charge in [0.25, 0.3) is 5.91 Å². The third-order valence-corrected chi connectivity index (χ3v) is 6.19. The van der Waals surface area contributed by atoms with Gasteiger partial charge in [-0.25, -0.2) is 17.5 Å². The van der Waals surface area contributed by atoms with Crippen LogP contribution in [-0.2, 0) is 23.2 Å². The van der Waals surface area contributed by atoms with Crippen LogP contribution in [0.2, 0.25) is 0 Å². The molecule has 0 aromatic heterocycles. The Hall–Kier alpha value is -3.23. The highest BCUT2D eigenvalue weighted by Gasteiger charge is 2.20. The fourth-order valence-corrected chi connectivity index (χ4v) is 4.30. The van der Waals surface area contributed by atoms with E-state index in [1.807, 2.05) is 42.5 Å². The zero-order valence-electron chi connectivity index (χ0n) is 17.8. The van der Waals surface area contributed by atoms with Gasteiger partial charge in [-0.15, -0.1) is 0 Å². The van der Waals surface area contributed by atoms with Crippen LogP contribution in [0.3, 0.4) is 0 Å². The summed E-state index contributed by atoms with van der Waals surface area (Å²) in [6.45, 7) is 3.80. The largest absolute Gasteiger partial charge is 0.489 e. The van der Waals surface area contributed by atoms with Gasteiger partial charge in [0, 0.05) is 18.2 Å². The van der Waals surface area contributed by atoms with Crippen molar-refractivity contribution in [3.8, 4) is 5.75 Å². The molecule has 2 N–H and O–H groups in total. The average Bonchev–Trinajstić information content (AvgIpc) is 2.76. The minimum atomic E-state index is -3.86. The normalized spacial score (nSPS) is 11.4. The molecule has 3 aromatic rings. The molecule has 0 aliphatic carbocycles. The summed E-state index contributed by atoms with van der Waals surface area (Å²) in [4.78, 5) is 12.4.